The fourth-order valence-electron chi connectivity index (χ4n) is 1.32. The highest BCUT2D eigenvalue weighted by molar-refractivity contribution is 5.82. The second kappa shape index (κ2) is 5.03. The zero-order valence-corrected chi connectivity index (χ0v) is 9.58. The minimum atomic E-state index is -1.08. The van der Waals surface area contributed by atoms with E-state index in [0.717, 1.165) is 6.20 Å². The van der Waals surface area contributed by atoms with Gasteiger partial charge in [0.25, 0.3) is 0 Å². The molecule has 0 aliphatic heterocycles. The number of halogens is 1. The number of likely N-dealkylation sites (N-methyl/N-ethyl adjacent to an activating group) is 1. The van der Waals surface area contributed by atoms with E-state index in [1.807, 2.05) is 0 Å². The van der Waals surface area contributed by atoms with E-state index in [1.54, 1.807) is 20.9 Å². The Labute approximate surface area is 93.8 Å². The molecule has 16 heavy (non-hydrogen) atoms. The van der Waals surface area contributed by atoms with Gasteiger partial charge < -0.3 is 10.1 Å². The van der Waals surface area contributed by atoms with Crippen molar-refractivity contribution in [2.45, 2.75) is 19.4 Å². The van der Waals surface area contributed by atoms with Crippen molar-refractivity contribution in [1.82, 2.24) is 10.3 Å². The lowest BCUT2D eigenvalue weighted by atomic mass is 9.94. The van der Waals surface area contributed by atoms with Crippen LogP contribution in [-0.2, 0) is 15.1 Å². The van der Waals surface area contributed by atoms with Gasteiger partial charge in [-0.05, 0) is 27.0 Å². The molecule has 1 N–H and O–H groups in total. The van der Waals surface area contributed by atoms with E-state index in [1.165, 1.54) is 12.3 Å². The second-order valence-corrected chi connectivity index (χ2v) is 3.49. The molecule has 0 amide bonds. The van der Waals surface area contributed by atoms with Crippen LogP contribution in [0.2, 0.25) is 0 Å². The van der Waals surface area contributed by atoms with Crippen LogP contribution in [0.15, 0.2) is 18.5 Å². The number of hydrogen-bond acceptors (Lipinski definition) is 4. The van der Waals surface area contributed by atoms with E-state index in [2.05, 4.69) is 10.3 Å². The average Bonchev–Trinajstić information content (AvgIpc) is 2.28. The van der Waals surface area contributed by atoms with Gasteiger partial charge in [0.15, 0.2) is 0 Å². The summed E-state index contributed by atoms with van der Waals surface area (Å²) < 4.78 is 18.0. The largest absolute Gasteiger partial charge is 0.464 e. The third kappa shape index (κ3) is 2.36. The molecule has 0 aromatic carbocycles. The Morgan fingerprint density at radius 3 is 2.81 bits per heavy atom. The lowest BCUT2D eigenvalue weighted by Crippen LogP contribution is -2.45. The van der Waals surface area contributed by atoms with Gasteiger partial charge in [0.05, 0.1) is 12.8 Å². The number of hydrogen-bond donors (Lipinski definition) is 1. The summed E-state index contributed by atoms with van der Waals surface area (Å²) in [5, 5.41) is 2.83. The third-order valence-corrected chi connectivity index (χ3v) is 2.47. The molecule has 0 saturated carbocycles. The third-order valence-electron chi connectivity index (χ3n) is 2.47. The molecule has 0 spiro atoms. The molecule has 0 saturated heterocycles. The maximum Gasteiger partial charge on any atom is 0.330 e. The van der Waals surface area contributed by atoms with Gasteiger partial charge in [0.2, 0.25) is 0 Å². The molecule has 1 aromatic rings. The van der Waals surface area contributed by atoms with Gasteiger partial charge in [-0.2, -0.15) is 0 Å². The molecule has 1 unspecified atom stereocenters. The lowest BCUT2D eigenvalue weighted by molar-refractivity contribution is -0.150. The summed E-state index contributed by atoms with van der Waals surface area (Å²) in [7, 11) is 1.61. The normalized spacial score (nSPS) is 14.2. The van der Waals surface area contributed by atoms with Crippen LogP contribution in [0.25, 0.3) is 0 Å². The van der Waals surface area contributed by atoms with Gasteiger partial charge in [0.1, 0.15) is 11.4 Å². The van der Waals surface area contributed by atoms with E-state index < -0.39 is 17.3 Å². The predicted molar refractivity (Wildman–Crippen MR) is 57.2 cm³/mol. The number of ether oxygens (including phenoxy) is 1. The van der Waals surface area contributed by atoms with Crippen LogP contribution in [-0.4, -0.2) is 24.6 Å². The van der Waals surface area contributed by atoms with Gasteiger partial charge in [-0.1, -0.05) is 0 Å². The fraction of sp³-hybridized carbons (Fsp3) is 0.455. The van der Waals surface area contributed by atoms with Gasteiger partial charge >= 0.3 is 5.97 Å². The molecule has 0 radical (unpaired) electrons. The number of nitrogens with one attached hydrogen (secondary N) is 1. The highest BCUT2D eigenvalue weighted by Crippen LogP contribution is 2.21. The van der Waals surface area contributed by atoms with Gasteiger partial charge in [-0.15, -0.1) is 0 Å². The van der Waals surface area contributed by atoms with Crippen LogP contribution < -0.4 is 5.32 Å². The van der Waals surface area contributed by atoms with Crippen molar-refractivity contribution in [2.24, 2.45) is 0 Å². The smallest absolute Gasteiger partial charge is 0.330 e. The number of nitrogens with zero attached hydrogens (tertiary/aromatic N) is 1. The summed E-state index contributed by atoms with van der Waals surface area (Å²) >= 11 is 0. The first-order valence-corrected chi connectivity index (χ1v) is 5.01. The summed E-state index contributed by atoms with van der Waals surface area (Å²) in [5.74, 6) is -0.937. The SMILES string of the molecule is CCOC(=O)C(C)(NC)c1cncc(F)c1. The first-order chi connectivity index (χ1) is 7.54. The first kappa shape index (κ1) is 12.6. The fourth-order valence-corrected chi connectivity index (χ4v) is 1.32. The van der Waals surface area contributed by atoms with Crippen molar-refractivity contribution in [3.05, 3.63) is 29.8 Å². The van der Waals surface area contributed by atoms with E-state index in [-0.39, 0.29) is 6.61 Å². The number of esters is 1. The summed E-state index contributed by atoms with van der Waals surface area (Å²) in [6.07, 6.45) is 2.53. The molecule has 0 fully saturated rings. The Bertz CT molecular complexity index is 384. The molecule has 0 aliphatic rings. The number of carbonyl (C=O) groups is 1. The molecule has 0 bridgehead atoms. The molecule has 88 valence electrons. The Hall–Kier alpha value is -1.49. The average molecular weight is 226 g/mol. The maximum absolute atomic E-state index is 13.0. The highest BCUT2D eigenvalue weighted by Gasteiger charge is 2.35. The maximum atomic E-state index is 13.0. The minimum Gasteiger partial charge on any atom is -0.464 e. The number of carbonyl (C=O) groups excluding carboxylic acids is 1. The number of rotatable bonds is 4. The van der Waals surface area contributed by atoms with Gasteiger partial charge in [-0.3, -0.25) is 4.98 Å². The van der Waals surface area contributed by atoms with E-state index >= 15 is 0 Å². The summed E-state index contributed by atoms with van der Waals surface area (Å²) in [6, 6.07) is 1.26. The summed E-state index contributed by atoms with van der Waals surface area (Å²) in [6.45, 7) is 3.62. The number of aromatic nitrogens is 1. The summed E-state index contributed by atoms with van der Waals surface area (Å²) in [4.78, 5) is 15.5. The molecule has 4 nitrogen and oxygen atoms in total. The van der Waals surface area contributed by atoms with Crippen molar-refractivity contribution < 1.29 is 13.9 Å². The number of pyridine rings is 1. The molecule has 0 aliphatic carbocycles. The van der Waals surface area contributed by atoms with Crippen molar-refractivity contribution in [1.29, 1.82) is 0 Å². The summed E-state index contributed by atoms with van der Waals surface area (Å²) in [5.41, 5.74) is -0.640. The van der Waals surface area contributed by atoms with Crippen molar-refractivity contribution in [3.8, 4) is 0 Å². The van der Waals surface area contributed by atoms with E-state index in [4.69, 9.17) is 4.74 Å². The molecule has 1 aromatic heterocycles. The van der Waals surface area contributed by atoms with Crippen LogP contribution in [0.3, 0.4) is 0 Å². The molecule has 1 atom stereocenters. The van der Waals surface area contributed by atoms with Gasteiger partial charge in [-0.25, -0.2) is 9.18 Å². The molecule has 5 heteroatoms. The molecular weight excluding hydrogens is 211 g/mol. The lowest BCUT2D eigenvalue weighted by Gasteiger charge is -2.26. The topological polar surface area (TPSA) is 51.2 Å². The van der Waals surface area contributed by atoms with Crippen molar-refractivity contribution >= 4 is 5.97 Å². The Morgan fingerprint density at radius 2 is 2.31 bits per heavy atom. The van der Waals surface area contributed by atoms with E-state index in [9.17, 15) is 9.18 Å². The Morgan fingerprint density at radius 1 is 1.62 bits per heavy atom. The Balaban J connectivity index is 3.09. The molecule has 1 rings (SSSR count). The molecular formula is C11H15FN2O2. The van der Waals surface area contributed by atoms with Crippen LogP contribution in [0, 0.1) is 5.82 Å². The Kier molecular flexibility index (Phi) is 3.95. The zero-order valence-electron chi connectivity index (χ0n) is 9.58. The first-order valence-electron chi connectivity index (χ1n) is 5.01. The van der Waals surface area contributed by atoms with Crippen LogP contribution in [0.5, 0.6) is 0 Å². The predicted octanol–water partition coefficient (Wildman–Crippen LogP) is 1.22. The quantitative estimate of drug-likeness (QED) is 0.784. The second-order valence-electron chi connectivity index (χ2n) is 3.49. The van der Waals surface area contributed by atoms with Crippen molar-refractivity contribution in [2.75, 3.05) is 13.7 Å². The van der Waals surface area contributed by atoms with Crippen molar-refractivity contribution in [3.63, 3.8) is 0 Å². The standard InChI is InChI=1S/C11H15FN2O2/c1-4-16-10(15)11(2,13-3)8-5-9(12)7-14-6-8/h5-7,13H,4H2,1-3H3. The minimum absolute atomic E-state index is 0.277. The zero-order chi connectivity index (χ0) is 12.2. The highest BCUT2D eigenvalue weighted by atomic mass is 19.1. The molecule has 1 heterocycles. The van der Waals surface area contributed by atoms with Crippen LogP contribution in [0.1, 0.15) is 19.4 Å². The van der Waals surface area contributed by atoms with E-state index in [0.29, 0.717) is 5.56 Å². The van der Waals surface area contributed by atoms with Crippen LogP contribution >= 0.6 is 0 Å². The van der Waals surface area contributed by atoms with Crippen LogP contribution in [0.4, 0.5) is 4.39 Å². The monoisotopic (exact) mass is 226 g/mol. The van der Waals surface area contributed by atoms with Gasteiger partial charge in [0, 0.05) is 11.8 Å².